The van der Waals surface area contributed by atoms with Crippen LogP contribution >= 0.6 is 23.2 Å². The molecule has 0 nitrogen and oxygen atoms in total. The second-order valence-electron chi connectivity index (χ2n) is 3.55. The normalized spacial score (nSPS) is 10.4. The highest BCUT2D eigenvalue weighted by Crippen LogP contribution is 2.21. The monoisotopic (exact) mass is 254 g/mol. The zero-order valence-electron chi connectivity index (χ0n) is 8.38. The van der Waals surface area contributed by atoms with Crippen LogP contribution in [-0.4, -0.2) is 0 Å². The van der Waals surface area contributed by atoms with E-state index < -0.39 is 0 Å². The first-order chi connectivity index (χ1) is 7.65. The molecule has 0 aliphatic heterocycles. The SMILES string of the molecule is Fc1ccccc1Cc1cc(Cl)cc(Cl)c1. The van der Waals surface area contributed by atoms with Gasteiger partial charge < -0.3 is 0 Å². The lowest BCUT2D eigenvalue weighted by molar-refractivity contribution is 0.614. The van der Waals surface area contributed by atoms with Gasteiger partial charge >= 0.3 is 0 Å². The molecular formula is C13H9Cl2F. The van der Waals surface area contributed by atoms with Crippen molar-refractivity contribution < 1.29 is 4.39 Å². The molecule has 0 fully saturated rings. The van der Waals surface area contributed by atoms with Gasteiger partial charge in [-0.2, -0.15) is 0 Å². The molecule has 0 radical (unpaired) electrons. The van der Waals surface area contributed by atoms with Gasteiger partial charge in [-0.3, -0.25) is 0 Å². The molecule has 0 saturated heterocycles. The predicted molar refractivity (Wildman–Crippen MR) is 65.7 cm³/mol. The van der Waals surface area contributed by atoms with Crippen LogP contribution in [0.4, 0.5) is 4.39 Å². The standard InChI is InChI=1S/C13H9Cl2F/c14-11-6-9(7-12(15)8-11)5-10-3-1-2-4-13(10)16/h1-4,6-8H,5H2. The van der Waals surface area contributed by atoms with Crippen LogP contribution in [0.3, 0.4) is 0 Å². The molecule has 2 rings (SSSR count). The lowest BCUT2D eigenvalue weighted by Crippen LogP contribution is -1.92. The van der Waals surface area contributed by atoms with Crippen molar-refractivity contribution >= 4 is 23.2 Å². The maximum Gasteiger partial charge on any atom is 0.126 e. The van der Waals surface area contributed by atoms with Gasteiger partial charge in [0.2, 0.25) is 0 Å². The lowest BCUT2D eigenvalue weighted by atomic mass is 10.0. The van der Waals surface area contributed by atoms with Crippen LogP contribution < -0.4 is 0 Å². The highest BCUT2D eigenvalue weighted by molar-refractivity contribution is 6.34. The summed E-state index contributed by atoms with van der Waals surface area (Å²) in [5.74, 6) is -0.210. The molecule has 2 aromatic rings. The van der Waals surface area contributed by atoms with E-state index in [9.17, 15) is 4.39 Å². The third-order valence-corrected chi connectivity index (χ3v) is 2.71. The van der Waals surface area contributed by atoms with Crippen molar-refractivity contribution in [1.82, 2.24) is 0 Å². The topological polar surface area (TPSA) is 0 Å². The molecule has 0 spiro atoms. The molecule has 0 bridgehead atoms. The fraction of sp³-hybridized carbons (Fsp3) is 0.0769. The highest BCUT2D eigenvalue weighted by Gasteiger charge is 2.04. The molecule has 0 saturated carbocycles. The predicted octanol–water partition coefficient (Wildman–Crippen LogP) is 4.72. The zero-order valence-corrected chi connectivity index (χ0v) is 9.89. The summed E-state index contributed by atoms with van der Waals surface area (Å²) in [6, 6.07) is 11.9. The van der Waals surface area contributed by atoms with Crippen molar-refractivity contribution in [3.05, 3.63) is 69.5 Å². The Bertz CT molecular complexity index is 489. The first-order valence-electron chi connectivity index (χ1n) is 4.83. The molecule has 0 heterocycles. The van der Waals surface area contributed by atoms with E-state index in [0.29, 0.717) is 22.0 Å². The first-order valence-corrected chi connectivity index (χ1v) is 5.59. The van der Waals surface area contributed by atoms with E-state index in [4.69, 9.17) is 23.2 Å². The quantitative estimate of drug-likeness (QED) is 0.728. The molecule has 0 aliphatic carbocycles. The Balaban J connectivity index is 2.30. The van der Waals surface area contributed by atoms with E-state index >= 15 is 0 Å². The molecule has 0 unspecified atom stereocenters. The molecule has 0 aliphatic rings. The lowest BCUT2D eigenvalue weighted by Gasteiger charge is -2.04. The summed E-state index contributed by atoms with van der Waals surface area (Å²) in [6.07, 6.45) is 0.493. The molecule has 2 aromatic carbocycles. The van der Waals surface area contributed by atoms with Crippen LogP contribution in [0, 0.1) is 5.82 Å². The van der Waals surface area contributed by atoms with Crippen molar-refractivity contribution in [3.8, 4) is 0 Å². The highest BCUT2D eigenvalue weighted by atomic mass is 35.5. The van der Waals surface area contributed by atoms with Crippen molar-refractivity contribution in [3.63, 3.8) is 0 Å². The maximum atomic E-state index is 13.4. The molecule has 0 amide bonds. The average molecular weight is 255 g/mol. The van der Waals surface area contributed by atoms with Crippen molar-refractivity contribution in [2.45, 2.75) is 6.42 Å². The molecular weight excluding hydrogens is 246 g/mol. The van der Waals surface area contributed by atoms with Crippen molar-refractivity contribution in [2.75, 3.05) is 0 Å². The van der Waals surface area contributed by atoms with Gasteiger partial charge in [-0.15, -0.1) is 0 Å². The molecule has 82 valence electrons. The van der Waals surface area contributed by atoms with Gasteiger partial charge in [-0.1, -0.05) is 41.4 Å². The van der Waals surface area contributed by atoms with Gasteiger partial charge in [-0.25, -0.2) is 4.39 Å². The van der Waals surface area contributed by atoms with Crippen LogP contribution in [0.15, 0.2) is 42.5 Å². The minimum Gasteiger partial charge on any atom is -0.207 e. The Kier molecular flexibility index (Phi) is 3.47. The number of halogens is 3. The van der Waals surface area contributed by atoms with Crippen molar-refractivity contribution in [1.29, 1.82) is 0 Å². The summed E-state index contributed by atoms with van der Waals surface area (Å²) in [5.41, 5.74) is 1.54. The third kappa shape index (κ3) is 2.75. The number of hydrogen-bond acceptors (Lipinski definition) is 0. The molecule has 0 atom stereocenters. The van der Waals surface area contributed by atoms with Gasteiger partial charge in [0.25, 0.3) is 0 Å². The summed E-state index contributed by atoms with van der Waals surface area (Å²) >= 11 is 11.8. The van der Waals surface area contributed by atoms with E-state index in [0.717, 1.165) is 5.56 Å². The van der Waals surface area contributed by atoms with Crippen LogP contribution in [-0.2, 0) is 6.42 Å². The van der Waals surface area contributed by atoms with Crippen LogP contribution in [0.25, 0.3) is 0 Å². The molecule has 3 heteroatoms. The van der Waals surface area contributed by atoms with Crippen LogP contribution in [0.1, 0.15) is 11.1 Å². The Labute approximate surface area is 104 Å². The Morgan fingerprint density at radius 3 is 2.19 bits per heavy atom. The van der Waals surface area contributed by atoms with Crippen LogP contribution in [0.5, 0.6) is 0 Å². The zero-order chi connectivity index (χ0) is 11.5. The van der Waals surface area contributed by atoms with E-state index in [1.807, 2.05) is 6.07 Å². The third-order valence-electron chi connectivity index (χ3n) is 2.27. The number of rotatable bonds is 2. The summed E-state index contributed by atoms with van der Waals surface area (Å²) in [4.78, 5) is 0. The van der Waals surface area contributed by atoms with E-state index in [-0.39, 0.29) is 5.82 Å². The van der Waals surface area contributed by atoms with Crippen molar-refractivity contribution in [2.24, 2.45) is 0 Å². The summed E-state index contributed by atoms with van der Waals surface area (Å²) in [7, 11) is 0. The minimum atomic E-state index is -0.210. The van der Waals surface area contributed by atoms with E-state index in [1.54, 1.807) is 30.3 Å². The van der Waals surface area contributed by atoms with Gasteiger partial charge in [0.15, 0.2) is 0 Å². The van der Waals surface area contributed by atoms with Gasteiger partial charge in [-0.05, 0) is 35.4 Å². The van der Waals surface area contributed by atoms with Gasteiger partial charge in [0.05, 0.1) is 0 Å². The Morgan fingerprint density at radius 2 is 1.56 bits per heavy atom. The molecule has 0 N–H and O–H groups in total. The largest absolute Gasteiger partial charge is 0.207 e. The Morgan fingerprint density at radius 1 is 0.938 bits per heavy atom. The van der Waals surface area contributed by atoms with E-state index in [1.165, 1.54) is 6.07 Å². The van der Waals surface area contributed by atoms with Crippen LogP contribution in [0.2, 0.25) is 10.0 Å². The summed E-state index contributed by atoms with van der Waals surface area (Å²) < 4.78 is 13.4. The molecule has 0 aromatic heterocycles. The fourth-order valence-electron chi connectivity index (χ4n) is 1.57. The smallest absolute Gasteiger partial charge is 0.126 e. The summed E-state index contributed by atoms with van der Waals surface area (Å²) in [6.45, 7) is 0. The number of benzene rings is 2. The molecule has 16 heavy (non-hydrogen) atoms. The maximum absolute atomic E-state index is 13.4. The average Bonchev–Trinajstić information content (AvgIpc) is 2.20. The second-order valence-corrected chi connectivity index (χ2v) is 4.42. The van der Waals surface area contributed by atoms with Gasteiger partial charge in [0.1, 0.15) is 5.82 Å². The summed E-state index contributed by atoms with van der Waals surface area (Å²) in [5, 5.41) is 1.14. The van der Waals surface area contributed by atoms with E-state index in [2.05, 4.69) is 0 Å². The fourth-order valence-corrected chi connectivity index (χ4v) is 2.15. The van der Waals surface area contributed by atoms with Gasteiger partial charge in [0, 0.05) is 16.5 Å². The minimum absolute atomic E-state index is 0.210. The second kappa shape index (κ2) is 4.86. The Hall–Kier alpha value is -1.05. The number of hydrogen-bond donors (Lipinski definition) is 0. The first kappa shape index (κ1) is 11.4.